The highest BCUT2D eigenvalue weighted by atomic mass is 16.5. The first-order valence-corrected chi connectivity index (χ1v) is 12.4. The molecule has 1 heteroatoms. The smallest absolute Gasteiger partial charge is 0.0719 e. The van der Waals surface area contributed by atoms with Crippen LogP contribution < -0.4 is 0 Å². The van der Waals surface area contributed by atoms with Crippen LogP contribution >= 0.6 is 0 Å². The maximum absolute atomic E-state index is 5.69. The van der Waals surface area contributed by atoms with E-state index in [1.54, 1.807) is 7.11 Å². The number of hydrogen-bond acceptors (Lipinski definition) is 1. The minimum absolute atomic E-state index is 0.565. The third-order valence-electron chi connectivity index (χ3n) is 6.98. The molecule has 0 saturated heterocycles. The topological polar surface area (TPSA) is 9.23 Å². The molecular weight excluding hydrogens is 436 g/mol. The fourth-order valence-corrected chi connectivity index (χ4v) is 5.36. The molecule has 0 aliphatic heterocycles. The molecule has 0 fully saturated rings. The van der Waals surface area contributed by atoms with Gasteiger partial charge in [-0.2, -0.15) is 0 Å². The van der Waals surface area contributed by atoms with Crippen molar-refractivity contribution in [3.8, 4) is 33.4 Å². The molecule has 0 bridgehead atoms. The van der Waals surface area contributed by atoms with Gasteiger partial charge in [-0.15, -0.1) is 0 Å². The summed E-state index contributed by atoms with van der Waals surface area (Å²) in [7, 11) is 1.77. The molecule has 6 aromatic rings. The molecule has 6 rings (SSSR count). The van der Waals surface area contributed by atoms with Crippen molar-refractivity contribution in [2.45, 2.75) is 13.5 Å². The standard InChI is InChI=1S/C35H28O/c1-24-17-18-31(30(19-24)23-36-2)35-33-21-28-16-10-9-15-27(28)20-29(33)22-32(25-11-5-3-6-12-25)34(35)26-13-7-4-8-14-26/h3-22H,23H2,1-2H3. The van der Waals surface area contributed by atoms with Gasteiger partial charge in [0.15, 0.2) is 0 Å². The van der Waals surface area contributed by atoms with Crippen molar-refractivity contribution < 1.29 is 4.74 Å². The van der Waals surface area contributed by atoms with Crippen molar-refractivity contribution in [1.82, 2.24) is 0 Å². The monoisotopic (exact) mass is 464 g/mol. The van der Waals surface area contributed by atoms with Gasteiger partial charge in [0.05, 0.1) is 6.61 Å². The zero-order chi connectivity index (χ0) is 24.5. The van der Waals surface area contributed by atoms with E-state index in [4.69, 9.17) is 4.74 Å². The molecule has 0 aliphatic carbocycles. The van der Waals surface area contributed by atoms with Gasteiger partial charge in [-0.1, -0.05) is 109 Å². The number of benzene rings is 6. The van der Waals surface area contributed by atoms with Crippen LogP contribution in [-0.2, 0) is 11.3 Å². The van der Waals surface area contributed by atoms with Gasteiger partial charge in [0.1, 0.15) is 0 Å². The summed E-state index contributed by atoms with van der Waals surface area (Å²) in [6, 6.07) is 44.0. The lowest BCUT2D eigenvalue weighted by molar-refractivity contribution is 0.185. The predicted octanol–water partition coefficient (Wildman–Crippen LogP) is 9.45. The van der Waals surface area contributed by atoms with Crippen molar-refractivity contribution in [2.24, 2.45) is 0 Å². The lowest BCUT2D eigenvalue weighted by Gasteiger charge is -2.22. The first-order chi connectivity index (χ1) is 17.7. The molecule has 174 valence electrons. The molecule has 0 aromatic heterocycles. The first-order valence-electron chi connectivity index (χ1n) is 12.4. The Labute approximate surface area is 212 Å². The maximum atomic E-state index is 5.69. The van der Waals surface area contributed by atoms with E-state index in [0.29, 0.717) is 6.61 Å². The molecule has 36 heavy (non-hydrogen) atoms. The Bertz CT molecular complexity index is 1680. The zero-order valence-electron chi connectivity index (χ0n) is 20.7. The van der Waals surface area contributed by atoms with Gasteiger partial charge in [0, 0.05) is 7.11 Å². The third-order valence-corrected chi connectivity index (χ3v) is 6.98. The van der Waals surface area contributed by atoms with Gasteiger partial charge in [-0.05, 0) is 85.6 Å². The van der Waals surface area contributed by atoms with E-state index < -0.39 is 0 Å². The molecule has 0 atom stereocenters. The van der Waals surface area contributed by atoms with E-state index in [1.807, 2.05) is 0 Å². The average molecular weight is 465 g/mol. The second kappa shape index (κ2) is 9.45. The third kappa shape index (κ3) is 3.98. The number of hydrogen-bond donors (Lipinski definition) is 0. The largest absolute Gasteiger partial charge is 0.380 e. The highest BCUT2D eigenvalue weighted by molar-refractivity contribution is 6.13. The van der Waals surface area contributed by atoms with Crippen molar-refractivity contribution in [3.63, 3.8) is 0 Å². The van der Waals surface area contributed by atoms with Crippen molar-refractivity contribution in [3.05, 3.63) is 132 Å². The van der Waals surface area contributed by atoms with Crippen LogP contribution in [0, 0.1) is 6.92 Å². The van der Waals surface area contributed by atoms with Crippen LogP contribution in [0.3, 0.4) is 0 Å². The minimum atomic E-state index is 0.565. The van der Waals surface area contributed by atoms with Crippen LogP contribution in [0.4, 0.5) is 0 Å². The molecule has 1 nitrogen and oxygen atoms in total. The lowest BCUT2D eigenvalue weighted by atomic mass is 9.82. The molecule has 0 radical (unpaired) electrons. The van der Waals surface area contributed by atoms with Gasteiger partial charge in [-0.25, -0.2) is 0 Å². The molecule has 0 heterocycles. The van der Waals surface area contributed by atoms with E-state index in [2.05, 4.69) is 128 Å². The van der Waals surface area contributed by atoms with Crippen LogP contribution in [0.1, 0.15) is 11.1 Å². The number of fused-ring (bicyclic) bond motifs is 2. The molecule has 0 unspecified atom stereocenters. The second-order valence-corrected chi connectivity index (χ2v) is 9.42. The lowest BCUT2D eigenvalue weighted by Crippen LogP contribution is -1.98. The fraction of sp³-hybridized carbons (Fsp3) is 0.0857. The van der Waals surface area contributed by atoms with Crippen LogP contribution in [0.15, 0.2) is 121 Å². The number of aryl methyl sites for hydroxylation is 1. The summed E-state index contributed by atoms with van der Waals surface area (Å²) in [5, 5.41) is 5.00. The maximum Gasteiger partial charge on any atom is 0.0719 e. The second-order valence-electron chi connectivity index (χ2n) is 9.42. The van der Waals surface area contributed by atoms with E-state index in [1.165, 1.54) is 66.1 Å². The van der Waals surface area contributed by atoms with Crippen LogP contribution in [0.25, 0.3) is 54.9 Å². The zero-order valence-corrected chi connectivity index (χ0v) is 20.7. The highest BCUT2D eigenvalue weighted by Crippen LogP contribution is 2.46. The molecule has 0 N–H and O–H groups in total. The summed E-state index contributed by atoms with van der Waals surface area (Å²) in [4.78, 5) is 0. The summed E-state index contributed by atoms with van der Waals surface area (Å²) in [5.74, 6) is 0. The molecule has 0 amide bonds. The van der Waals surface area contributed by atoms with Crippen LogP contribution in [-0.4, -0.2) is 7.11 Å². The molecule has 0 aliphatic rings. The average Bonchev–Trinajstić information content (AvgIpc) is 2.92. The van der Waals surface area contributed by atoms with Crippen molar-refractivity contribution in [2.75, 3.05) is 7.11 Å². The Hall–Kier alpha value is -4.20. The Balaban J connectivity index is 1.83. The van der Waals surface area contributed by atoms with Crippen LogP contribution in [0.2, 0.25) is 0 Å². The van der Waals surface area contributed by atoms with Gasteiger partial charge >= 0.3 is 0 Å². The van der Waals surface area contributed by atoms with E-state index in [0.717, 1.165) is 0 Å². The normalized spacial score (nSPS) is 11.3. The first kappa shape index (κ1) is 22.3. The van der Waals surface area contributed by atoms with Gasteiger partial charge < -0.3 is 4.74 Å². The number of rotatable bonds is 5. The summed E-state index contributed by atoms with van der Waals surface area (Å²) < 4.78 is 5.69. The summed E-state index contributed by atoms with van der Waals surface area (Å²) in [6.07, 6.45) is 0. The Morgan fingerprint density at radius 1 is 0.528 bits per heavy atom. The SMILES string of the molecule is COCc1cc(C)ccc1-c1c(-c2ccccc2)c(-c2ccccc2)cc2cc3ccccc3cc12. The summed E-state index contributed by atoms with van der Waals surface area (Å²) in [5.41, 5.74) is 9.85. The fourth-order valence-electron chi connectivity index (χ4n) is 5.36. The van der Waals surface area contributed by atoms with Crippen molar-refractivity contribution in [1.29, 1.82) is 0 Å². The number of methoxy groups -OCH3 is 1. The van der Waals surface area contributed by atoms with E-state index in [9.17, 15) is 0 Å². The predicted molar refractivity (Wildman–Crippen MR) is 153 cm³/mol. The van der Waals surface area contributed by atoms with Crippen molar-refractivity contribution >= 4 is 21.5 Å². The van der Waals surface area contributed by atoms with Gasteiger partial charge in [0.25, 0.3) is 0 Å². The Morgan fingerprint density at radius 3 is 1.86 bits per heavy atom. The Morgan fingerprint density at radius 2 is 1.17 bits per heavy atom. The minimum Gasteiger partial charge on any atom is -0.380 e. The number of ether oxygens (including phenoxy) is 1. The Kier molecular flexibility index (Phi) is 5.85. The van der Waals surface area contributed by atoms with Gasteiger partial charge in [-0.3, -0.25) is 0 Å². The van der Waals surface area contributed by atoms with E-state index in [-0.39, 0.29) is 0 Å². The highest BCUT2D eigenvalue weighted by Gasteiger charge is 2.20. The summed E-state index contributed by atoms with van der Waals surface area (Å²) in [6.45, 7) is 2.71. The van der Waals surface area contributed by atoms with Crippen LogP contribution in [0.5, 0.6) is 0 Å². The summed E-state index contributed by atoms with van der Waals surface area (Å²) >= 11 is 0. The molecular formula is C35H28O. The van der Waals surface area contributed by atoms with E-state index >= 15 is 0 Å². The quantitative estimate of drug-likeness (QED) is 0.231. The molecule has 6 aromatic carbocycles. The van der Waals surface area contributed by atoms with Gasteiger partial charge in [0.2, 0.25) is 0 Å². The molecule has 0 spiro atoms. The molecule has 0 saturated carbocycles.